The van der Waals surface area contributed by atoms with Crippen LogP contribution in [-0.2, 0) is 0 Å². The lowest BCUT2D eigenvalue weighted by molar-refractivity contribution is 0.152. The lowest BCUT2D eigenvalue weighted by Crippen LogP contribution is -2.42. The summed E-state index contributed by atoms with van der Waals surface area (Å²) in [5.41, 5.74) is 2.64. The van der Waals surface area contributed by atoms with Gasteiger partial charge in [0.1, 0.15) is 0 Å². The summed E-state index contributed by atoms with van der Waals surface area (Å²) in [7, 11) is 2.28. The minimum atomic E-state index is 0.289. The summed E-state index contributed by atoms with van der Waals surface area (Å²) in [6, 6.07) is 9.12. The molecule has 1 aromatic carbocycles. The maximum atomic E-state index is 4.56. The predicted molar refractivity (Wildman–Crippen MR) is 101 cm³/mol. The third-order valence-electron chi connectivity index (χ3n) is 5.62. The van der Waals surface area contributed by atoms with Crippen molar-refractivity contribution in [3.8, 4) is 0 Å². The van der Waals surface area contributed by atoms with Gasteiger partial charge in [0, 0.05) is 36.0 Å². The smallest absolute Gasteiger partial charge is 0.0729 e. The Morgan fingerprint density at radius 2 is 2.08 bits per heavy atom. The molecule has 4 nitrogen and oxygen atoms in total. The third kappa shape index (κ3) is 3.65. The van der Waals surface area contributed by atoms with E-state index in [1.165, 1.54) is 30.6 Å². The van der Waals surface area contributed by atoms with Crippen LogP contribution in [0.15, 0.2) is 24.3 Å². The van der Waals surface area contributed by atoms with Crippen molar-refractivity contribution in [2.24, 2.45) is 0 Å². The van der Waals surface area contributed by atoms with E-state index in [9.17, 15) is 0 Å². The molecule has 132 valence electrons. The lowest BCUT2D eigenvalue weighted by atomic mass is 10.00. The number of hydrogen-bond donors (Lipinski definition) is 1. The van der Waals surface area contributed by atoms with E-state index >= 15 is 0 Å². The minimum absolute atomic E-state index is 0.289. The number of para-hydroxylation sites is 1. The van der Waals surface area contributed by atoms with Crippen molar-refractivity contribution in [3.63, 3.8) is 0 Å². The van der Waals surface area contributed by atoms with E-state index in [0.717, 1.165) is 18.5 Å². The molecule has 2 atom stereocenters. The Morgan fingerprint density at radius 3 is 2.79 bits per heavy atom. The van der Waals surface area contributed by atoms with Gasteiger partial charge in [-0.2, -0.15) is 5.10 Å². The van der Waals surface area contributed by atoms with Gasteiger partial charge >= 0.3 is 0 Å². The number of nitrogens with zero attached hydrogens (tertiary/aromatic N) is 3. The maximum absolute atomic E-state index is 4.56. The summed E-state index contributed by atoms with van der Waals surface area (Å²) >= 11 is 0. The summed E-state index contributed by atoms with van der Waals surface area (Å²) in [4.78, 5) is 5.16. The van der Waals surface area contributed by atoms with Crippen molar-refractivity contribution in [2.45, 2.75) is 58.0 Å². The van der Waals surface area contributed by atoms with Crippen LogP contribution in [0.25, 0.3) is 10.9 Å². The fourth-order valence-electron chi connectivity index (χ4n) is 3.79. The van der Waals surface area contributed by atoms with Gasteiger partial charge < -0.3 is 4.90 Å². The Labute approximate surface area is 146 Å². The average Bonchev–Trinajstić information content (AvgIpc) is 3.18. The van der Waals surface area contributed by atoms with E-state index in [2.05, 4.69) is 79.0 Å². The first-order chi connectivity index (χ1) is 11.4. The van der Waals surface area contributed by atoms with E-state index in [1.807, 2.05) is 0 Å². The summed E-state index contributed by atoms with van der Waals surface area (Å²) in [6.45, 7) is 12.8. The van der Waals surface area contributed by atoms with Crippen molar-refractivity contribution < 1.29 is 0 Å². The van der Waals surface area contributed by atoms with Crippen LogP contribution in [0.4, 0.5) is 0 Å². The van der Waals surface area contributed by atoms with Crippen molar-refractivity contribution in [3.05, 3.63) is 30.0 Å². The number of likely N-dealkylation sites (N-methyl/N-ethyl adjacent to an activating group) is 1. The minimum Gasteiger partial charge on any atom is -0.302 e. The van der Waals surface area contributed by atoms with Crippen LogP contribution in [0.1, 0.15) is 52.1 Å². The number of likely N-dealkylation sites (tertiary alicyclic amines) is 1. The zero-order valence-electron chi connectivity index (χ0n) is 15.8. The SMILES string of the molecule is CC(CCN(C)C1CCN(C(C)(C)C)C1)c1n[nH]c2ccccc12. The molecule has 24 heavy (non-hydrogen) atoms. The summed E-state index contributed by atoms with van der Waals surface area (Å²) in [5.74, 6) is 0.476. The highest BCUT2D eigenvalue weighted by molar-refractivity contribution is 5.81. The molecule has 1 aromatic heterocycles. The first kappa shape index (κ1) is 17.4. The van der Waals surface area contributed by atoms with Crippen molar-refractivity contribution in [2.75, 3.05) is 26.7 Å². The van der Waals surface area contributed by atoms with Crippen LogP contribution >= 0.6 is 0 Å². The molecule has 0 radical (unpaired) electrons. The fourth-order valence-corrected chi connectivity index (χ4v) is 3.79. The molecule has 1 aliphatic rings. The molecule has 0 spiro atoms. The van der Waals surface area contributed by atoms with Gasteiger partial charge in [0.05, 0.1) is 11.2 Å². The van der Waals surface area contributed by atoms with Gasteiger partial charge in [-0.15, -0.1) is 0 Å². The summed E-state index contributed by atoms with van der Waals surface area (Å²) in [5, 5.41) is 9.00. The lowest BCUT2D eigenvalue weighted by Gasteiger charge is -2.33. The van der Waals surface area contributed by atoms with Crippen LogP contribution in [-0.4, -0.2) is 58.3 Å². The second kappa shape index (κ2) is 6.85. The predicted octanol–water partition coefficient (Wildman–Crippen LogP) is 3.86. The van der Waals surface area contributed by atoms with Gasteiger partial charge in [-0.3, -0.25) is 10.00 Å². The Hall–Kier alpha value is -1.39. The maximum Gasteiger partial charge on any atom is 0.0729 e. The van der Waals surface area contributed by atoms with Gasteiger partial charge in [0.2, 0.25) is 0 Å². The number of aromatic nitrogens is 2. The normalized spacial score (nSPS) is 21.0. The molecular formula is C20H32N4. The van der Waals surface area contributed by atoms with Gasteiger partial charge in [-0.05, 0) is 53.3 Å². The molecule has 1 aliphatic heterocycles. The number of aromatic amines is 1. The van der Waals surface area contributed by atoms with Crippen molar-refractivity contribution in [1.82, 2.24) is 20.0 Å². The molecule has 0 aliphatic carbocycles. The van der Waals surface area contributed by atoms with E-state index in [1.54, 1.807) is 0 Å². The Balaban J connectivity index is 1.56. The van der Waals surface area contributed by atoms with Gasteiger partial charge in [-0.1, -0.05) is 25.1 Å². The van der Waals surface area contributed by atoms with Crippen molar-refractivity contribution >= 4 is 10.9 Å². The molecule has 0 bridgehead atoms. The Bertz CT molecular complexity index is 670. The second-order valence-corrected chi connectivity index (χ2v) is 8.38. The first-order valence-corrected chi connectivity index (χ1v) is 9.24. The number of hydrogen-bond acceptors (Lipinski definition) is 3. The largest absolute Gasteiger partial charge is 0.302 e. The topological polar surface area (TPSA) is 35.2 Å². The summed E-state index contributed by atoms with van der Waals surface area (Å²) in [6.07, 6.45) is 2.44. The second-order valence-electron chi connectivity index (χ2n) is 8.38. The van der Waals surface area contributed by atoms with Crippen LogP contribution in [0.3, 0.4) is 0 Å². The van der Waals surface area contributed by atoms with Gasteiger partial charge in [0.25, 0.3) is 0 Å². The first-order valence-electron chi connectivity index (χ1n) is 9.24. The number of H-pyrrole nitrogens is 1. The molecule has 0 amide bonds. The molecule has 1 saturated heterocycles. The van der Waals surface area contributed by atoms with E-state index < -0.39 is 0 Å². The average molecular weight is 329 g/mol. The van der Waals surface area contributed by atoms with E-state index in [0.29, 0.717) is 12.0 Å². The molecule has 2 unspecified atom stereocenters. The van der Waals surface area contributed by atoms with Crippen LogP contribution in [0.2, 0.25) is 0 Å². The number of nitrogens with one attached hydrogen (secondary N) is 1. The molecule has 0 saturated carbocycles. The number of benzene rings is 1. The Kier molecular flexibility index (Phi) is 4.97. The third-order valence-corrected chi connectivity index (χ3v) is 5.62. The van der Waals surface area contributed by atoms with Gasteiger partial charge in [-0.25, -0.2) is 0 Å². The van der Waals surface area contributed by atoms with E-state index in [4.69, 9.17) is 0 Å². The highest BCUT2D eigenvalue weighted by atomic mass is 15.3. The molecule has 1 fully saturated rings. The molecule has 3 rings (SSSR count). The molecule has 2 heterocycles. The zero-order chi connectivity index (χ0) is 17.3. The highest BCUT2D eigenvalue weighted by Crippen LogP contribution is 2.27. The van der Waals surface area contributed by atoms with Gasteiger partial charge in [0.15, 0.2) is 0 Å². The zero-order valence-corrected chi connectivity index (χ0v) is 15.8. The molecule has 4 heteroatoms. The quantitative estimate of drug-likeness (QED) is 0.905. The fraction of sp³-hybridized carbons (Fsp3) is 0.650. The highest BCUT2D eigenvalue weighted by Gasteiger charge is 2.32. The standard InChI is InChI=1S/C20H32N4/c1-15(19-17-8-6-7-9-18(17)21-22-19)10-12-23(5)16-11-13-24(14-16)20(2,3)4/h6-9,15-16H,10-14H2,1-5H3,(H,21,22). The monoisotopic (exact) mass is 328 g/mol. The molecular weight excluding hydrogens is 296 g/mol. The number of fused-ring (bicyclic) bond motifs is 1. The van der Waals surface area contributed by atoms with E-state index in [-0.39, 0.29) is 5.54 Å². The van der Waals surface area contributed by atoms with Crippen LogP contribution in [0.5, 0.6) is 0 Å². The van der Waals surface area contributed by atoms with Crippen molar-refractivity contribution in [1.29, 1.82) is 0 Å². The van der Waals surface area contributed by atoms with Crippen LogP contribution in [0, 0.1) is 0 Å². The van der Waals surface area contributed by atoms with Crippen LogP contribution < -0.4 is 0 Å². The number of rotatable bonds is 5. The Morgan fingerprint density at radius 1 is 1.33 bits per heavy atom. The molecule has 2 aromatic rings. The molecule has 1 N–H and O–H groups in total. The summed E-state index contributed by atoms with van der Waals surface area (Å²) < 4.78 is 0.